The molecule has 33 heavy (non-hydrogen) atoms. The smallest absolute Gasteiger partial charge is 0.333 e. The van der Waals surface area contributed by atoms with Crippen molar-refractivity contribution in [1.29, 1.82) is 0 Å². The highest BCUT2D eigenvalue weighted by atomic mass is 32.2. The van der Waals surface area contributed by atoms with Gasteiger partial charge in [0.2, 0.25) is 5.95 Å². The minimum atomic E-state index is -1.54. The summed E-state index contributed by atoms with van der Waals surface area (Å²) in [5.74, 6) is 0.412. The predicted octanol–water partition coefficient (Wildman–Crippen LogP) is 1.56. The first-order valence-corrected chi connectivity index (χ1v) is 12.4. The summed E-state index contributed by atoms with van der Waals surface area (Å²) < 4.78 is 17.2. The number of imidazole rings is 1. The van der Waals surface area contributed by atoms with Gasteiger partial charge in [0.1, 0.15) is 5.88 Å². The van der Waals surface area contributed by atoms with Crippen molar-refractivity contribution in [2.45, 2.75) is 50.0 Å². The second kappa shape index (κ2) is 9.48. The van der Waals surface area contributed by atoms with E-state index in [2.05, 4.69) is 4.90 Å². The minimum Gasteiger partial charge on any atom is -0.341 e. The fraction of sp³-hybridized carbons (Fsp3) is 0.435. The largest absolute Gasteiger partial charge is 0.341 e. The number of nitrogens with zero attached hydrogens (tertiary/aromatic N) is 5. The molecule has 1 fully saturated rings. The molecule has 3 aromatic rings. The minimum absolute atomic E-state index is 0.0317. The van der Waals surface area contributed by atoms with Crippen LogP contribution in [0, 0.1) is 0 Å². The molecule has 0 saturated carbocycles. The van der Waals surface area contributed by atoms with Crippen LogP contribution in [0.5, 0.6) is 0 Å². The third-order valence-corrected chi connectivity index (χ3v) is 7.18. The molecule has 3 heterocycles. The summed E-state index contributed by atoms with van der Waals surface area (Å²) in [5.41, 5.74) is 6.93. The number of hydrogen-bond donors (Lipinski definition) is 1. The zero-order valence-corrected chi connectivity index (χ0v) is 20.0. The summed E-state index contributed by atoms with van der Waals surface area (Å²) in [6.07, 6.45) is 3.90. The maximum absolute atomic E-state index is 13.6. The van der Waals surface area contributed by atoms with Gasteiger partial charge in [0.05, 0.1) is 10.8 Å². The Bertz CT molecular complexity index is 1330. The molecule has 2 aromatic heterocycles. The monoisotopic (exact) mass is 470 g/mol. The number of anilines is 1. The third-order valence-electron chi connectivity index (χ3n) is 5.89. The van der Waals surface area contributed by atoms with E-state index in [0.717, 1.165) is 29.5 Å². The van der Waals surface area contributed by atoms with Crippen LogP contribution in [0.15, 0.2) is 56.5 Å². The van der Waals surface area contributed by atoms with Gasteiger partial charge in [-0.15, -0.1) is 0 Å². The van der Waals surface area contributed by atoms with Gasteiger partial charge in [-0.1, -0.05) is 29.8 Å². The molecule has 9 nitrogen and oxygen atoms in total. The maximum Gasteiger partial charge on any atom is 0.333 e. The molecule has 1 saturated heterocycles. The first-order valence-electron chi connectivity index (χ1n) is 11.0. The van der Waals surface area contributed by atoms with Crippen LogP contribution in [-0.2, 0) is 30.3 Å². The molecule has 2 atom stereocenters. The van der Waals surface area contributed by atoms with E-state index in [0.29, 0.717) is 35.1 Å². The number of fused-ring (bicyclic) bond motifs is 1. The average Bonchev–Trinajstić information content (AvgIpc) is 3.19. The van der Waals surface area contributed by atoms with Crippen LogP contribution in [0.1, 0.15) is 26.7 Å². The van der Waals surface area contributed by atoms with Crippen molar-refractivity contribution in [1.82, 2.24) is 18.7 Å². The average molecular weight is 471 g/mol. The van der Waals surface area contributed by atoms with Crippen LogP contribution in [0.3, 0.4) is 0 Å². The first kappa shape index (κ1) is 23.2. The molecule has 176 valence electrons. The highest BCUT2D eigenvalue weighted by molar-refractivity contribution is 7.84. The Labute approximate surface area is 194 Å². The van der Waals surface area contributed by atoms with Crippen molar-refractivity contribution in [3.63, 3.8) is 0 Å². The lowest BCUT2D eigenvalue weighted by Gasteiger charge is -2.31. The summed E-state index contributed by atoms with van der Waals surface area (Å²) in [6, 6.07) is 8.86. The van der Waals surface area contributed by atoms with Gasteiger partial charge in [0.25, 0.3) is 5.56 Å². The number of hydrogen-bond acceptors (Lipinski definition) is 6. The summed E-state index contributed by atoms with van der Waals surface area (Å²) >= 11 is 0. The van der Waals surface area contributed by atoms with Gasteiger partial charge < -0.3 is 15.2 Å². The maximum atomic E-state index is 13.6. The van der Waals surface area contributed by atoms with Crippen molar-refractivity contribution in [2.75, 3.05) is 18.0 Å². The van der Waals surface area contributed by atoms with Crippen molar-refractivity contribution in [2.24, 2.45) is 12.8 Å². The van der Waals surface area contributed by atoms with Crippen molar-refractivity contribution < 1.29 is 4.21 Å². The fourth-order valence-electron chi connectivity index (χ4n) is 4.12. The summed E-state index contributed by atoms with van der Waals surface area (Å²) in [6.45, 7) is 5.85. The van der Waals surface area contributed by atoms with Gasteiger partial charge in [-0.25, -0.2) is 9.36 Å². The number of nitrogens with two attached hydrogens (primary N) is 1. The summed E-state index contributed by atoms with van der Waals surface area (Å²) in [7, 11) is 0.0483. The third kappa shape index (κ3) is 4.58. The van der Waals surface area contributed by atoms with E-state index >= 15 is 0 Å². The zero-order valence-electron chi connectivity index (χ0n) is 19.2. The van der Waals surface area contributed by atoms with E-state index in [4.69, 9.17) is 10.7 Å². The Kier molecular flexibility index (Phi) is 6.66. The highest BCUT2D eigenvalue weighted by Crippen LogP contribution is 2.23. The molecule has 1 aliphatic rings. The van der Waals surface area contributed by atoms with Crippen molar-refractivity contribution in [3.8, 4) is 0 Å². The van der Waals surface area contributed by atoms with Crippen LogP contribution in [0.25, 0.3) is 11.2 Å². The first-order chi connectivity index (χ1) is 15.8. The summed E-state index contributed by atoms with van der Waals surface area (Å²) in [5, 5.41) is 0. The molecule has 0 spiro atoms. The van der Waals surface area contributed by atoms with E-state index < -0.39 is 22.0 Å². The Morgan fingerprint density at radius 2 is 1.94 bits per heavy atom. The van der Waals surface area contributed by atoms with Gasteiger partial charge in [-0.3, -0.25) is 13.6 Å². The molecule has 2 unspecified atom stereocenters. The van der Waals surface area contributed by atoms with E-state index in [9.17, 15) is 13.8 Å². The second-order valence-corrected chi connectivity index (χ2v) is 10.1. The van der Waals surface area contributed by atoms with Gasteiger partial charge in [0, 0.05) is 37.6 Å². The molecule has 0 aliphatic carbocycles. The number of aromatic nitrogens is 4. The Balaban J connectivity index is 1.89. The van der Waals surface area contributed by atoms with Gasteiger partial charge in [-0.05, 0) is 38.8 Å². The van der Waals surface area contributed by atoms with Crippen LogP contribution >= 0.6 is 0 Å². The van der Waals surface area contributed by atoms with E-state index in [1.165, 1.54) is 4.57 Å². The molecule has 4 rings (SSSR count). The molecule has 0 radical (unpaired) electrons. The predicted molar refractivity (Wildman–Crippen MR) is 131 cm³/mol. The Hall–Kier alpha value is -2.98. The molecule has 1 aromatic carbocycles. The summed E-state index contributed by atoms with van der Waals surface area (Å²) in [4.78, 5) is 34.0. The van der Waals surface area contributed by atoms with Crippen molar-refractivity contribution >= 4 is 27.9 Å². The number of piperidine rings is 1. The number of aryl methyl sites for hydroxylation is 1. The van der Waals surface area contributed by atoms with Crippen LogP contribution in [-0.4, -0.2) is 42.0 Å². The standard InChI is InChI=1S/C23H30N6O3S/c1-16(2)11-13-28-19-20(25-22(28)27-12-7-8-17(24)14-27)26(3)23(31)29(21(19)30)15-33(32)18-9-5-4-6-10-18/h4-6,9-11,17H,7-8,12-15,24H2,1-3H3. The van der Waals surface area contributed by atoms with Crippen LogP contribution < -0.4 is 21.9 Å². The lowest BCUT2D eigenvalue weighted by Crippen LogP contribution is -2.44. The fourth-order valence-corrected chi connectivity index (χ4v) is 5.19. The number of allylic oxidation sites excluding steroid dienone is 2. The Morgan fingerprint density at radius 3 is 2.61 bits per heavy atom. The van der Waals surface area contributed by atoms with Gasteiger partial charge >= 0.3 is 5.69 Å². The molecule has 0 bridgehead atoms. The van der Waals surface area contributed by atoms with Crippen LogP contribution in [0.2, 0.25) is 0 Å². The van der Waals surface area contributed by atoms with E-state index in [1.807, 2.05) is 30.6 Å². The lowest BCUT2D eigenvalue weighted by molar-refractivity contribution is 0.495. The number of benzene rings is 1. The molecule has 1 aliphatic heterocycles. The molecule has 10 heteroatoms. The normalized spacial score (nSPS) is 17.3. The van der Waals surface area contributed by atoms with Gasteiger partial charge in [-0.2, -0.15) is 4.98 Å². The van der Waals surface area contributed by atoms with Gasteiger partial charge in [0.15, 0.2) is 11.2 Å². The van der Waals surface area contributed by atoms with Crippen LogP contribution in [0.4, 0.5) is 5.95 Å². The Morgan fingerprint density at radius 1 is 1.21 bits per heavy atom. The molecule has 2 N–H and O–H groups in total. The molecular weight excluding hydrogens is 440 g/mol. The molecular formula is C23H30N6O3S. The lowest BCUT2D eigenvalue weighted by atomic mass is 10.1. The second-order valence-electron chi connectivity index (χ2n) is 8.69. The SMILES string of the molecule is CC(C)=CCn1c(N2CCCC(N)C2)nc2c1c(=O)n(CS(=O)c1ccccc1)c(=O)n2C. The topological polar surface area (TPSA) is 108 Å². The zero-order chi connectivity index (χ0) is 23.7. The quantitative estimate of drug-likeness (QED) is 0.548. The number of rotatable bonds is 6. The highest BCUT2D eigenvalue weighted by Gasteiger charge is 2.26. The molecule has 0 amide bonds. The van der Waals surface area contributed by atoms with E-state index in [1.54, 1.807) is 31.3 Å². The van der Waals surface area contributed by atoms with Crippen molar-refractivity contribution in [3.05, 3.63) is 62.8 Å². The van der Waals surface area contributed by atoms with E-state index in [-0.39, 0.29) is 11.9 Å².